The number of piperazine rings is 1. The van der Waals surface area contributed by atoms with Crippen molar-refractivity contribution in [3.63, 3.8) is 0 Å². The quantitative estimate of drug-likeness (QED) is 0.782. The summed E-state index contributed by atoms with van der Waals surface area (Å²) in [5, 5.41) is 5.26. The Balaban J connectivity index is 1.66. The summed E-state index contributed by atoms with van der Waals surface area (Å²) in [5.41, 5.74) is 0.726. The van der Waals surface area contributed by atoms with Crippen molar-refractivity contribution in [2.24, 2.45) is 7.05 Å². The van der Waals surface area contributed by atoms with E-state index in [-0.39, 0.29) is 5.91 Å². The van der Waals surface area contributed by atoms with E-state index in [0.29, 0.717) is 5.82 Å². The largest absolute Gasteiger partial charge is 0.354 e. The van der Waals surface area contributed by atoms with E-state index in [2.05, 4.69) is 26.8 Å². The Morgan fingerprint density at radius 2 is 1.85 bits per heavy atom. The SMILES string of the molecule is CCN1CCN(C(=O)c2nc(N3CCSCC3)c3cnn(C)c3n2)CC1. The van der Waals surface area contributed by atoms with Crippen LogP contribution in [-0.4, -0.2) is 92.8 Å². The van der Waals surface area contributed by atoms with Crippen molar-refractivity contribution in [1.29, 1.82) is 0 Å². The molecule has 4 rings (SSSR count). The zero-order chi connectivity index (χ0) is 18.1. The minimum absolute atomic E-state index is 0.0727. The van der Waals surface area contributed by atoms with Crippen LogP contribution in [0.5, 0.6) is 0 Å². The molecule has 0 N–H and O–H groups in total. The van der Waals surface area contributed by atoms with Crippen molar-refractivity contribution >= 4 is 34.5 Å². The summed E-state index contributed by atoms with van der Waals surface area (Å²) in [6.45, 7) is 8.34. The van der Waals surface area contributed by atoms with Gasteiger partial charge in [0.05, 0.1) is 11.6 Å². The Hall–Kier alpha value is -1.87. The average Bonchev–Trinajstić information content (AvgIpc) is 3.08. The van der Waals surface area contributed by atoms with E-state index in [0.717, 1.165) is 74.2 Å². The molecule has 2 aromatic rings. The molecule has 140 valence electrons. The Labute approximate surface area is 157 Å². The number of thioether (sulfide) groups is 1. The van der Waals surface area contributed by atoms with E-state index < -0.39 is 0 Å². The molecule has 9 heteroatoms. The number of carbonyl (C=O) groups is 1. The fourth-order valence-corrected chi connectivity index (χ4v) is 4.43. The third-order valence-corrected chi connectivity index (χ3v) is 6.12. The fourth-order valence-electron chi connectivity index (χ4n) is 3.53. The van der Waals surface area contributed by atoms with Crippen LogP contribution >= 0.6 is 11.8 Å². The van der Waals surface area contributed by atoms with Crippen molar-refractivity contribution in [1.82, 2.24) is 29.5 Å². The molecule has 2 aliphatic heterocycles. The Morgan fingerprint density at radius 1 is 1.12 bits per heavy atom. The Bertz CT molecular complexity index is 794. The first kappa shape index (κ1) is 17.5. The summed E-state index contributed by atoms with van der Waals surface area (Å²) >= 11 is 1.95. The number of carbonyl (C=O) groups excluding carboxylic acids is 1. The zero-order valence-electron chi connectivity index (χ0n) is 15.4. The molecule has 2 fully saturated rings. The molecule has 0 saturated carbocycles. The van der Waals surface area contributed by atoms with Gasteiger partial charge in [-0.2, -0.15) is 16.9 Å². The highest BCUT2D eigenvalue weighted by molar-refractivity contribution is 7.99. The summed E-state index contributed by atoms with van der Waals surface area (Å²) in [6.07, 6.45) is 1.81. The molecule has 0 unspecified atom stereocenters. The summed E-state index contributed by atoms with van der Waals surface area (Å²) in [5.74, 6) is 3.22. The maximum absolute atomic E-state index is 13.0. The molecule has 0 aliphatic carbocycles. The van der Waals surface area contributed by atoms with Gasteiger partial charge in [-0.1, -0.05) is 6.92 Å². The molecule has 0 spiro atoms. The van der Waals surface area contributed by atoms with E-state index >= 15 is 0 Å². The van der Waals surface area contributed by atoms with Gasteiger partial charge in [-0.05, 0) is 6.54 Å². The number of anilines is 1. The maximum Gasteiger partial charge on any atom is 0.291 e. The van der Waals surface area contributed by atoms with Crippen LogP contribution in [0.15, 0.2) is 6.20 Å². The summed E-state index contributed by atoms with van der Waals surface area (Å²) in [6, 6.07) is 0. The molecule has 0 atom stereocenters. The third kappa shape index (κ3) is 3.25. The zero-order valence-corrected chi connectivity index (χ0v) is 16.2. The lowest BCUT2D eigenvalue weighted by Crippen LogP contribution is -2.48. The first-order valence-electron chi connectivity index (χ1n) is 9.21. The minimum Gasteiger partial charge on any atom is -0.354 e. The van der Waals surface area contributed by atoms with Gasteiger partial charge in [0.25, 0.3) is 5.91 Å². The summed E-state index contributed by atoms with van der Waals surface area (Å²) in [7, 11) is 1.86. The molecule has 4 heterocycles. The van der Waals surface area contributed by atoms with Gasteiger partial charge in [-0.25, -0.2) is 9.97 Å². The van der Waals surface area contributed by atoms with Gasteiger partial charge < -0.3 is 14.7 Å². The summed E-state index contributed by atoms with van der Waals surface area (Å²) < 4.78 is 1.73. The molecular weight excluding hydrogens is 350 g/mol. The lowest BCUT2D eigenvalue weighted by atomic mass is 10.3. The van der Waals surface area contributed by atoms with Crippen LogP contribution < -0.4 is 4.90 Å². The van der Waals surface area contributed by atoms with E-state index in [1.165, 1.54) is 0 Å². The van der Waals surface area contributed by atoms with E-state index in [4.69, 9.17) is 4.98 Å². The molecule has 0 radical (unpaired) electrons. The smallest absolute Gasteiger partial charge is 0.291 e. The van der Waals surface area contributed by atoms with Crippen LogP contribution in [0.4, 0.5) is 5.82 Å². The van der Waals surface area contributed by atoms with Crippen LogP contribution in [0, 0.1) is 0 Å². The molecule has 0 bridgehead atoms. The topological polar surface area (TPSA) is 70.4 Å². The fraction of sp³-hybridized carbons (Fsp3) is 0.647. The molecule has 2 aromatic heterocycles. The van der Waals surface area contributed by atoms with Crippen molar-refractivity contribution < 1.29 is 4.79 Å². The molecule has 8 nitrogen and oxygen atoms in total. The number of nitrogens with zero attached hydrogens (tertiary/aromatic N) is 7. The normalized spacial score (nSPS) is 19.3. The monoisotopic (exact) mass is 375 g/mol. The van der Waals surface area contributed by atoms with Gasteiger partial charge in [-0.15, -0.1) is 0 Å². The van der Waals surface area contributed by atoms with Gasteiger partial charge in [0.15, 0.2) is 5.65 Å². The molecule has 1 amide bonds. The highest BCUT2D eigenvalue weighted by Gasteiger charge is 2.26. The van der Waals surface area contributed by atoms with Gasteiger partial charge in [0.2, 0.25) is 5.82 Å². The molecule has 2 aliphatic rings. The average molecular weight is 376 g/mol. The molecule has 26 heavy (non-hydrogen) atoms. The van der Waals surface area contributed by atoms with Crippen molar-refractivity contribution in [3.8, 4) is 0 Å². The van der Waals surface area contributed by atoms with E-state index in [9.17, 15) is 4.79 Å². The van der Waals surface area contributed by atoms with Crippen molar-refractivity contribution in [2.45, 2.75) is 6.92 Å². The minimum atomic E-state index is -0.0727. The number of aromatic nitrogens is 4. The predicted molar refractivity (Wildman–Crippen MR) is 104 cm³/mol. The lowest BCUT2D eigenvalue weighted by Gasteiger charge is -2.34. The maximum atomic E-state index is 13.0. The Morgan fingerprint density at radius 3 is 2.54 bits per heavy atom. The number of aryl methyl sites for hydroxylation is 1. The second-order valence-corrected chi connectivity index (χ2v) is 7.93. The highest BCUT2D eigenvalue weighted by atomic mass is 32.2. The first-order chi connectivity index (χ1) is 12.7. The predicted octanol–water partition coefficient (Wildman–Crippen LogP) is 0.694. The highest BCUT2D eigenvalue weighted by Crippen LogP contribution is 2.26. The summed E-state index contributed by atoms with van der Waals surface area (Å²) in [4.78, 5) is 28.8. The van der Waals surface area contributed by atoms with Crippen molar-refractivity contribution in [2.75, 3.05) is 62.2 Å². The first-order valence-corrected chi connectivity index (χ1v) is 10.4. The molecule has 2 saturated heterocycles. The van der Waals surface area contributed by atoms with Gasteiger partial charge in [0, 0.05) is 57.8 Å². The number of rotatable bonds is 3. The number of hydrogen-bond acceptors (Lipinski definition) is 7. The van der Waals surface area contributed by atoms with Crippen LogP contribution in [-0.2, 0) is 7.05 Å². The third-order valence-electron chi connectivity index (χ3n) is 5.18. The lowest BCUT2D eigenvalue weighted by molar-refractivity contribution is 0.0631. The van der Waals surface area contributed by atoms with Crippen molar-refractivity contribution in [3.05, 3.63) is 12.0 Å². The van der Waals surface area contributed by atoms with Gasteiger partial charge in [-0.3, -0.25) is 9.48 Å². The van der Waals surface area contributed by atoms with E-state index in [1.54, 1.807) is 10.9 Å². The molecule has 0 aromatic carbocycles. The van der Waals surface area contributed by atoms with Crippen LogP contribution in [0.1, 0.15) is 17.5 Å². The van der Waals surface area contributed by atoms with Crippen LogP contribution in [0.2, 0.25) is 0 Å². The van der Waals surface area contributed by atoms with Gasteiger partial charge in [0.1, 0.15) is 5.82 Å². The van der Waals surface area contributed by atoms with Crippen LogP contribution in [0.3, 0.4) is 0 Å². The number of likely N-dealkylation sites (N-methyl/N-ethyl adjacent to an activating group) is 1. The number of fused-ring (bicyclic) bond motifs is 1. The second kappa shape index (κ2) is 7.40. The number of amides is 1. The Kier molecular flexibility index (Phi) is 4.99. The van der Waals surface area contributed by atoms with E-state index in [1.807, 2.05) is 23.7 Å². The van der Waals surface area contributed by atoms with Crippen LogP contribution in [0.25, 0.3) is 11.0 Å². The van der Waals surface area contributed by atoms with Gasteiger partial charge >= 0.3 is 0 Å². The number of hydrogen-bond donors (Lipinski definition) is 0. The molecular formula is C17H25N7OS. The second-order valence-electron chi connectivity index (χ2n) is 6.70. The standard InChI is InChI=1S/C17H25N7OS/c1-3-22-4-6-24(7-5-22)17(25)14-19-15-13(12-18-21(15)2)16(20-14)23-8-10-26-11-9-23/h12H,3-11H2,1-2H3.